The minimum absolute atomic E-state index is 0.0919. The number of rotatable bonds is 5. The standard InChI is InChI=1S/C16H17F2NS/c1-11-4-3-5-15(6-11)20-10-16(19-2)12-7-13(17)9-14(18)8-12/h3-9,16,19H,10H2,1-2H3. The van der Waals surface area contributed by atoms with Crippen molar-refractivity contribution < 1.29 is 8.78 Å². The Morgan fingerprint density at radius 1 is 1.10 bits per heavy atom. The van der Waals surface area contributed by atoms with Crippen molar-refractivity contribution in [1.29, 1.82) is 0 Å². The van der Waals surface area contributed by atoms with E-state index in [1.807, 2.05) is 25.1 Å². The van der Waals surface area contributed by atoms with Gasteiger partial charge in [0.1, 0.15) is 11.6 Å². The molecule has 1 unspecified atom stereocenters. The fraction of sp³-hybridized carbons (Fsp3) is 0.250. The molecule has 2 rings (SSSR count). The molecule has 0 aliphatic rings. The number of hydrogen-bond acceptors (Lipinski definition) is 2. The number of thioether (sulfide) groups is 1. The van der Waals surface area contributed by atoms with Gasteiger partial charge in [-0.2, -0.15) is 0 Å². The van der Waals surface area contributed by atoms with Gasteiger partial charge >= 0.3 is 0 Å². The monoisotopic (exact) mass is 293 g/mol. The Labute approximate surface area is 122 Å². The van der Waals surface area contributed by atoms with Gasteiger partial charge in [-0.15, -0.1) is 11.8 Å². The molecule has 0 aromatic heterocycles. The van der Waals surface area contributed by atoms with Crippen molar-refractivity contribution in [1.82, 2.24) is 5.32 Å². The van der Waals surface area contributed by atoms with E-state index < -0.39 is 11.6 Å². The Morgan fingerprint density at radius 3 is 2.40 bits per heavy atom. The normalized spacial score (nSPS) is 12.4. The highest BCUT2D eigenvalue weighted by Gasteiger charge is 2.12. The van der Waals surface area contributed by atoms with Crippen LogP contribution in [0.2, 0.25) is 0 Å². The first kappa shape index (κ1) is 15.0. The summed E-state index contributed by atoms with van der Waals surface area (Å²) in [5.74, 6) is -0.371. The lowest BCUT2D eigenvalue weighted by molar-refractivity contribution is 0.568. The van der Waals surface area contributed by atoms with E-state index in [9.17, 15) is 8.78 Å². The first-order valence-corrected chi connectivity index (χ1v) is 7.40. The van der Waals surface area contributed by atoms with Crippen LogP contribution in [-0.2, 0) is 0 Å². The first-order chi connectivity index (χ1) is 9.58. The summed E-state index contributed by atoms with van der Waals surface area (Å²) in [7, 11) is 1.80. The molecule has 2 aromatic carbocycles. The maximum Gasteiger partial charge on any atom is 0.126 e. The van der Waals surface area contributed by atoms with Crippen molar-refractivity contribution in [3.05, 3.63) is 65.2 Å². The molecule has 0 saturated carbocycles. The number of benzene rings is 2. The average molecular weight is 293 g/mol. The van der Waals surface area contributed by atoms with Gasteiger partial charge < -0.3 is 5.32 Å². The Balaban J connectivity index is 2.09. The lowest BCUT2D eigenvalue weighted by atomic mass is 10.1. The fourth-order valence-corrected chi connectivity index (χ4v) is 3.17. The van der Waals surface area contributed by atoms with Crippen LogP contribution in [0.4, 0.5) is 8.78 Å². The number of aryl methyl sites for hydroxylation is 1. The Bertz CT molecular complexity index is 566. The smallest absolute Gasteiger partial charge is 0.126 e. The van der Waals surface area contributed by atoms with E-state index >= 15 is 0 Å². The maximum atomic E-state index is 13.3. The van der Waals surface area contributed by atoms with Crippen LogP contribution in [0.15, 0.2) is 47.4 Å². The maximum absolute atomic E-state index is 13.3. The van der Waals surface area contributed by atoms with Crippen LogP contribution in [0.5, 0.6) is 0 Å². The third kappa shape index (κ3) is 4.05. The molecule has 1 N–H and O–H groups in total. The van der Waals surface area contributed by atoms with Crippen molar-refractivity contribution in [2.24, 2.45) is 0 Å². The summed E-state index contributed by atoms with van der Waals surface area (Å²) in [6, 6.07) is 11.7. The van der Waals surface area contributed by atoms with E-state index in [1.54, 1.807) is 18.8 Å². The molecule has 1 atom stereocenters. The molecule has 1 nitrogen and oxygen atoms in total. The number of nitrogens with one attached hydrogen (secondary N) is 1. The highest BCUT2D eigenvalue weighted by atomic mass is 32.2. The molecular formula is C16H17F2NS. The highest BCUT2D eigenvalue weighted by Crippen LogP contribution is 2.26. The lowest BCUT2D eigenvalue weighted by Crippen LogP contribution is -2.19. The van der Waals surface area contributed by atoms with Crippen LogP contribution in [0.1, 0.15) is 17.2 Å². The summed E-state index contributed by atoms with van der Waals surface area (Å²) in [5.41, 5.74) is 1.83. The van der Waals surface area contributed by atoms with E-state index in [-0.39, 0.29) is 6.04 Å². The first-order valence-electron chi connectivity index (χ1n) is 6.41. The molecule has 0 amide bonds. The molecule has 4 heteroatoms. The number of hydrogen-bond donors (Lipinski definition) is 1. The third-order valence-electron chi connectivity index (χ3n) is 3.04. The zero-order chi connectivity index (χ0) is 14.5. The SMILES string of the molecule is CNC(CSc1cccc(C)c1)c1cc(F)cc(F)c1. The predicted octanol–water partition coefficient (Wildman–Crippen LogP) is 4.33. The summed E-state index contributed by atoms with van der Waals surface area (Å²) in [6.07, 6.45) is 0. The van der Waals surface area contributed by atoms with Crippen LogP contribution in [-0.4, -0.2) is 12.8 Å². The number of halogens is 2. The van der Waals surface area contributed by atoms with Gasteiger partial charge in [-0.25, -0.2) is 8.78 Å². The van der Waals surface area contributed by atoms with E-state index in [4.69, 9.17) is 0 Å². The summed E-state index contributed by atoms with van der Waals surface area (Å²) in [5, 5.41) is 3.10. The van der Waals surface area contributed by atoms with Crippen LogP contribution in [0.3, 0.4) is 0 Å². The quantitative estimate of drug-likeness (QED) is 0.824. The summed E-state index contributed by atoms with van der Waals surface area (Å²) in [4.78, 5) is 1.15. The van der Waals surface area contributed by atoms with Gasteiger partial charge in [0.25, 0.3) is 0 Å². The van der Waals surface area contributed by atoms with E-state index in [1.165, 1.54) is 17.7 Å². The molecule has 0 aliphatic heterocycles. The second kappa shape index (κ2) is 6.86. The van der Waals surface area contributed by atoms with Crippen molar-refractivity contribution in [2.75, 3.05) is 12.8 Å². The molecule has 2 aromatic rings. The second-order valence-electron chi connectivity index (χ2n) is 4.67. The average Bonchev–Trinajstić information content (AvgIpc) is 2.38. The van der Waals surface area contributed by atoms with Gasteiger partial charge in [-0.05, 0) is 43.8 Å². The molecule has 0 saturated heterocycles. The van der Waals surface area contributed by atoms with Gasteiger partial charge in [0.15, 0.2) is 0 Å². The molecule has 0 fully saturated rings. The molecule has 0 bridgehead atoms. The van der Waals surface area contributed by atoms with Crippen molar-refractivity contribution in [2.45, 2.75) is 17.9 Å². The Kier molecular flexibility index (Phi) is 5.15. The zero-order valence-electron chi connectivity index (χ0n) is 11.5. The molecule has 0 spiro atoms. The van der Waals surface area contributed by atoms with Crippen molar-refractivity contribution in [3.8, 4) is 0 Å². The molecular weight excluding hydrogens is 276 g/mol. The van der Waals surface area contributed by atoms with Crippen LogP contribution in [0.25, 0.3) is 0 Å². The summed E-state index contributed by atoms with van der Waals surface area (Å²) >= 11 is 1.67. The van der Waals surface area contributed by atoms with Gasteiger partial charge in [0, 0.05) is 22.8 Å². The van der Waals surface area contributed by atoms with Gasteiger partial charge in [-0.3, -0.25) is 0 Å². The van der Waals surface area contributed by atoms with Crippen molar-refractivity contribution >= 4 is 11.8 Å². The highest BCUT2D eigenvalue weighted by molar-refractivity contribution is 7.99. The fourth-order valence-electron chi connectivity index (χ4n) is 2.01. The van der Waals surface area contributed by atoms with E-state index in [2.05, 4.69) is 11.4 Å². The molecule has 0 radical (unpaired) electrons. The molecule has 0 aliphatic carbocycles. The van der Waals surface area contributed by atoms with Gasteiger partial charge in [0.2, 0.25) is 0 Å². The molecule has 0 heterocycles. The van der Waals surface area contributed by atoms with Crippen molar-refractivity contribution in [3.63, 3.8) is 0 Å². The van der Waals surface area contributed by atoms with Crippen LogP contribution in [0, 0.1) is 18.6 Å². The minimum atomic E-state index is -0.541. The predicted molar refractivity (Wildman–Crippen MR) is 80.1 cm³/mol. The topological polar surface area (TPSA) is 12.0 Å². The largest absolute Gasteiger partial charge is 0.312 e. The van der Waals surface area contributed by atoms with Gasteiger partial charge in [-0.1, -0.05) is 17.7 Å². The Morgan fingerprint density at radius 2 is 1.80 bits per heavy atom. The third-order valence-corrected chi connectivity index (χ3v) is 4.13. The lowest BCUT2D eigenvalue weighted by Gasteiger charge is -2.16. The Hall–Kier alpha value is -1.39. The molecule has 106 valence electrons. The second-order valence-corrected chi connectivity index (χ2v) is 5.76. The van der Waals surface area contributed by atoms with Gasteiger partial charge in [0.05, 0.1) is 0 Å². The zero-order valence-corrected chi connectivity index (χ0v) is 12.3. The molecule has 20 heavy (non-hydrogen) atoms. The summed E-state index contributed by atoms with van der Waals surface area (Å²) < 4.78 is 26.5. The van der Waals surface area contributed by atoms with E-state index in [0.717, 1.165) is 11.0 Å². The summed E-state index contributed by atoms with van der Waals surface area (Å²) in [6.45, 7) is 2.04. The van der Waals surface area contributed by atoms with Crippen LogP contribution < -0.4 is 5.32 Å². The van der Waals surface area contributed by atoms with E-state index in [0.29, 0.717) is 11.3 Å². The minimum Gasteiger partial charge on any atom is -0.312 e. The van der Waals surface area contributed by atoms with Crippen LogP contribution >= 0.6 is 11.8 Å².